The second kappa shape index (κ2) is 10.6. The number of halogens is 1. The van der Waals surface area contributed by atoms with Crippen LogP contribution >= 0.6 is 22.6 Å². The molecule has 0 radical (unpaired) electrons. The molecule has 2 aromatic rings. The molecule has 154 valence electrons. The lowest BCUT2D eigenvalue weighted by Gasteiger charge is -2.29. The van der Waals surface area contributed by atoms with Crippen LogP contribution in [0.3, 0.4) is 0 Å². The van der Waals surface area contributed by atoms with Crippen molar-refractivity contribution in [3.63, 3.8) is 0 Å². The fraction of sp³-hybridized carbons (Fsp3) is 0.391. The highest BCUT2D eigenvalue weighted by Gasteiger charge is 2.28. The monoisotopic (exact) mass is 506 g/mol. The van der Waals surface area contributed by atoms with Crippen molar-refractivity contribution >= 4 is 34.4 Å². The summed E-state index contributed by atoms with van der Waals surface area (Å²) in [7, 11) is 0. The van der Waals surface area contributed by atoms with Crippen LogP contribution in [0.5, 0.6) is 5.75 Å². The molecule has 1 atom stereocenters. The van der Waals surface area contributed by atoms with Crippen molar-refractivity contribution in [3.8, 4) is 5.75 Å². The summed E-state index contributed by atoms with van der Waals surface area (Å²) in [5.74, 6) is 0.332. The van der Waals surface area contributed by atoms with Gasteiger partial charge in [-0.05, 0) is 72.2 Å². The van der Waals surface area contributed by atoms with E-state index in [0.29, 0.717) is 12.3 Å². The molecule has 29 heavy (non-hydrogen) atoms. The van der Waals surface area contributed by atoms with Crippen LogP contribution in [0.1, 0.15) is 38.2 Å². The van der Waals surface area contributed by atoms with E-state index in [1.165, 1.54) is 0 Å². The Balaban J connectivity index is 1.67. The van der Waals surface area contributed by atoms with Crippen LogP contribution in [0.15, 0.2) is 54.6 Å². The Bertz CT molecular complexity index is 805. The first-order chi connectivity index (χ1) is 14.0. The average Bonchev–Trinajstić information content (AvgIpc) is 3.24. The first-order valence-electron chi connectivity index (χ1n) is 10.0. The molecule has 0 spiro atoms. The molecule has 1 fully saturated rings. The number of hydrogen-bond acceptors (Lipinski definition) is 3. The standard InChI is InChI=1S/C23H27IN2O3/c1-17(23(28)25-20-9-5-6-10-20)26(15-18-7-3-2-4-8-18)22(27)16-29-21-13-11-19(24)12-14-21/h2-4,7-8,11-14,17,20H,5-6,9-10,15-16H2,1H3,(H,25,28)/t17-/m1/s1. The molecule has 1 aliphatic rings. The number of amides is 2. The maximum atomic E-state index is 13.0. The summed E-state index contributed by atoms with van der Waals surface area (Å²) in [6.07, 6.45) is 4.33. The van der Waals surface area contributed by atoms with E-state index in [1.54, 1.807) is 11.8 Å². The van der Waals surface area contributed by atoms with E-state index in [9.17, 15) is 9.59 Å². The summed E-state index contributed by atoms with van der Waals surface area (Å²) >= 11 is 2.22. The van der Waals surface area contributed by atoms with E-state index in [0.717, 1.165) is 34.8 Å². The number of carbonyl (C=O) groups is 2. The van der Waals surface area contributed by atoms with E-state index in [2.05, 4.69) is 27.9 Å². The van der Waals surface area contributed by atoms with Gasteiger partial charge in [-0.25, -0.2) is 0 Å². The minimum atomic E-state index is -0.566. The number of nitrogens with one attached hydrogen (secondary N) is 1. The van der Waals surface area contributed by atoms with Crippen LogP contribution in [-0.4, -0.2) is 35.4 Å². The average molecular weight is 506 g/mol. The highest BCUT2D eigenvalue weighted by Crippen LogP contribution is 2.19. The van der Waals surface area contributed by atoms with Crippen molar-refractivity contribution in [1.82, 2.24) is 10.2 Å². The minimum absolute atomic E-state index is 0.101. The van der Waals surface area contributed by atoms with Crippen molar-refractivity contribution in [1.29, 1.82) is 0 Å². The second-order valence-electron chi connectivity index (χ2n) is 7.42. The van der Waals surface area contributed by atoms with Crippen molar-refractivity contribution in [2.75, 3.05) is 6.61 Å². The molecule has 0 saturated heterocycles. The van der Waals surface area contributed by atoms with E-state index in [4.69, 9.17) is 4.74 Å². The number of rotatable bonds is 8. The van der Waals surface area contributed by atoms with Gasteiger partial charge in [-0.1, -0.05) is 43.2 Å². The Hall–Kier alpha value is -2.09. The second-order valence-corrected chi connectivity index (χ2v) is 8.66. The zero-order valence-corrected chi connectivity index (χ0v) is 18.8. The molecule has 2 amide bonds. The molecule has 0 aliphatic heterocycles. The molecule has 0 bridgehead atoms. The summed E-state index contributed by atoms with van der Waals surface area (Å²) in [5, 5.41) is 3.11. The van der Waals surface area contributed by atoms with E-state index in [-0.39, 0.29) is 24.5 Å². The highest BCUT2D eigenvalue weighted by molar-refractivity contribution is 14.1. The summed E-state index contributed by atoms with van der Waals surface area (Å²) in [5.41, 5.74) is 0.982. The van der Waals surface area contributed by atoms with Gasteiger partial charge in [-0.15, -0.1) is 0 Å². The molecule has 1 saturated carbocycles. The SMILES string of the molecule is C[C@H](C(=O)NC1CCCC1)N(Cc1ccccc1)C(=O)COc1ccc(I)cc1. The summed E-state index contributed by atoms with van der Waals surface area (Å²) in [6.45, 7) is 2.06. The third kappa shape index (κ3) is 6.45. The zero-order valence-electron chi connectivity index (χ0n) is 16.6. The Labute approximate surface area is 186 Å². The summed E-state index contributed by atoms with van der Waals surface area (Å²) < 4.78 is 6.78. The van der Waals surface area contributed by atoms with Gasteiger partial charge >= 0.3 is 0 Å². The van der Waals surface area contributed by atoms with Gasteiger partial charge in [-0.3, -0.25) is 9.59 Å². The van der Waals surface area contributed by atoms with Gasteiger partial charge in [0, 0.05) is 16.2 Å². The first-order valence-corrected chi connectivity index (χ1v) is 11.1. The molecule has 1 aliphatic carbocycles. The van der Waals surface area contributed by atoms with Crippen molar-refractivity contribution < 1.29 is 14.3 Å². The van der Waals surface area contributed by atoms with Crippen LogP contribution < -0.4 is 10.1 Å². The fourth-order valence-electron chi connectivity index (χ4n) is 3.51. The summed E-state index contributed by atoms with van der Waals surface area (Å²) in [4.78, 5) is 27.4. The third-order valence-corrected chi connectivity index (χ3v) is 5.96. The highest BCUT2D eigenvalue weighted by atomic mass is 127. The molecule has 1 N–H and O–H groups in total. The quantitative estimate of drug-likeness (QED) is 0.548. The van der Waals surface area contributed by atoms with Crippen LogP contribution in [-0.2, 0) is 16.1 Å². The maximum Gasteiger partial charge on any atom is 0.261 e. The Morgan fingerprint density at radius 2 is 1.76 bits per heavy atom. The Morgan fingerprint density at radius 1 is 1.10 bits per heavy atom. The Morgan fingerprint density at radius 3 is 2.41 bits per heavy atom. The van der Waals surface area contributed by atoms with Gasteiger partial charge in [0.15, 0.2) is 6.61 Å². The zero-order chi connectivity index (χ0) is 20.6. The molecular formula is C23H27IN2O3. The van der Waals surface area contributed by atoms with Crippen molar-refractivity contribution in [3.05, 3.63) is 63.7 Å². The van der Waals surface area contributed by atoms with Gasteiger partial charge in [0.1, 0.15) is 11.8 Å². The Kier molecular flexibility index (Phi) is 7.91. The minimum Gasteiger partial charge on any atom is -0.484 e. The van der Waals surface area contributed by atoms with Crippen molar-refractivity contribution in [2.24, 2.45) is 0 Å². The molecule has 0 heterocycles. The number of hydrogen-bond donors (Lipinski definition) is 1. The van der Waals surface area contributed by atoms with E-state index in [1.807, 2.05) is 54.6 Å². The predicted octanol–water partition coefficient (Wildman–Crippen LogP) is 4.15. The van der Waals surface area contributed by atoms with Gasteiger partial charge in [0.05, 0.1) is 0 Å². The smallest absolute Gasteiger partial charge is 0.261 e. The summed E-state index contributed by atoms with van der Waals surface area (Å²) in [6, 6.07) is 16.9. The van der Waals surface area contributed by atoms with Gasteiger partial charge in [0.25, 0.3) is 5.91 Å². The van der Waals surface area contributed by atoms with Crippen molar-refractivity contribution in [2.45, 2.75) is 51.2 Å². The first kappa shape index (κ1) is 21.6. The van der Waals surface area contributed by atoms with Crippen LogP contribution in [0.2, 0.25) is 0 Å². The lowest BCUT2D eigenvalue weighted by atomic mass is 10.1. The molecule has 0 unspecified atom stereocenters. The van der Waals surface area contributed by atoms with E-state index < -0.39 is 6.04 Å². The lowest BCUT2D eigenvalue weighted by Crippen LogP contribution is -2.50. The molecule has 6 heteroatoms. The number of ether oxygens (including phenoxy) is 1. The number of nitrogens with zero attached hydrogens (tertiary/aromatic N) is 1. The predicted molar refractivity (Wildman–Crippen MR) is 122 cm³/mol. The van der Waals surface area contributed by atoms with E-state index >= 15 is 0 Å². The molecule has 0 aromatic heterocycles. The number of carbonyl (C=O) groups excluding carboxylic acids is 2. The molecule has 5 nitrogen and oxygen atoms in total. The molecule has 2 aromatic carbocycles. The fourth-order valence-corrected chi connectivity index (χ4v) is 3.87. The largest absolute Gasteiger partial charge is 0.484 e. The normalized spacial score (nSPS) is 15.0. The molecule has 3 rings (SSSR count). The van der Waals surface area contributed by atoms with Gasteiger partial charge in [-0.2, -0.15) is 0 Å². The van der Waals surface area contributed by atoms with Gasteiger partial charge < -0.3 is 15.0 Å². The maximum absolute atomic E-state index is 13.0. The van der Waals surface area contributed by atoms with Crippen LogP contribution in [0.4, 0.5) is 0 Å². The topological polar surface area (TPSA) is 58.6 Å². The van der Waals surface area contributed by atoms with Crippen LogP contribution in [0, 0.1) is 3.57 Å². The lowest BCUT2D eigenvalue weighted by molar-refractivity contribution is -0.142. The number of benzene rings is 2. The third-order valence-electron chi connectivity index (χ3n) is 5.24. The van der Waals surface area contributed by atoms with Gasteiger partial charge in [0.2, 0.25) is 5.91 Å². The molecular weight excluding hydrogens is 479 g/mol. The van der Waals surface area contributed by atoms with Crippen LogP contribution in [0.25, 0.3) is 0 Å².